The van der Waals surface area contributed by atoms with Gasteiger partial charge in [0.05, 0.1) is 10.1 Å². The number of thiophene rings is 1. The van der Waals surface area contributed by atoms with Crippen LogP contribution in [0.25, 0.3) is 10.7 Å². The van der Waals surface area contributed by atoms with E-state index in [9.17, 15) is 18.0 Å². The maximum Gasteiger partial charge on any atom is 0.573 e. The number of alkyl halides is 3. The summed E-state index contributed by atoms with van der Waals surface area (Å²) < 4.78 is 42.6. The Morgan fingerprint density at radius 1 is 1.27 bits per heavy atom. The van der Waals surface area contributed by atoms with E-state index >= 15 is 0 Å². The maximum atomic E-state index is 12.6. The van der Waals surface area contributed by atoms with Crippen LogP contribution in [0.3, 0.4) is 0 Å². The van der Waals surface area contributed by atoms with Crippen LogP contribution in [0, 0.1) is 0 Å². The Labute approximate surface area is 178 Å². The molecule has 1 amide bonds. The molecule has 1 N–H and O–H groups in total. The Hall–Kier alpha value is -2.53. The number of amides is 1. The van der Waals surface area contributed by atoms with Crippen molar-refractivity contribution in [2.45, 2.75) is 42.6 Å². The van der Waals surface area contributed by atoms with Crippen LogP contribution in [0.15, 0.2) is 46.9 Å². The number of anilines is 1. The number of hydrogen-bond acceptors (Lipinski definition) is 6. The molecule has 158 valence electrons. The van der Waals surface area contributed by atoms with E-state index in [0.29, 0.717) is 16.9 Å². The van der Waals surface area contributed by atoms with Gasteiger partial charge >= 0.3 is 6.36 Å². The van der Waals surface area contributed by atoms with Crippen LogP contribution in [-0.2, 0) is 4.79 Å². The average Bonchev–Trinajstić information content (AvgIpc) is 3.21. The number of nitrogens with one attached hydrogen (secondary N) is 1. The van der Waals surface area contributed by atoms with E-state index in [2.05, 4.69) is 24.8 Å². The van der Waals surface area contributed by atoms with Crippen molar-refractivity contribution in [2.24, 2.45) is 0 Å². The maximum absolute atomic E-state index is 12.6. The molecule has 0 spiro atoms. The van der Waals surface area contributed by atoms with Crippen molar-refractivity contribution < 1.29 is 22.7 Å². The van der Waals surface area contributed by atoms with Crippen molar-refractivity contribution in [3.63, 3.8) is 0 Å². The molecule has 0 bridgehead atoms. The minimum atomic E-state index is -4.75. The lowest BCUT2D eigenvalue weighted by molar-refractivity contribution is -0.274. The van der Waals surface area contributed by atoms with Gasteiger partial charge in [0.25, 0.3) is 0 Å². The third-order valence-electron chi connectivity index (χ3n) is 4.32. The summed E-state index contributed by atoms with van der Waals surface area (Å²) in [6.07, 6.45) is -2.65. The topological polar surface area (TPSA) is 69.0 Å². The summed E-state index contributed by atoms with van der Waals surface area (Å²) in [5, 5.41) is 13.5. The van der Waals surface area contributed by atoms with Crippen molar-refractivity contribution in [3.05, 3.63) is 41.8 Å². The summed E-state index contributed by atoms with van der Waals surface area (Å²) >= 11 is 2.89. The quantitative estimate of drug-likeness (QED) is 0.487. The van der Waals surface area contributed by atoms with Crippen LogP contribution in [-0.4, -0.2) is 32.3 Å². The standard InChI is InChI=1S/C19H17F3N4O2S2/c1-11(17(27)23-12-4-8-14(9-5-12)28-19(20,21)22)30-18-25-24-16(15-3-2-10-29-15)26(18)13-6-7-13/h2-5,8-11,13H,6-7H2,1H3,(H,23,27)/t11-/m1/s1. The van der Waals surface area contributed by atoms with E-state index in [1.807, 2.05) is 17.5 Å². The zero-order chi connectivity index (χ0) is 21.3. The largest absolute Gasteiger partial charge is 0.573 e. The number of hydrogen-bond donors (Lipinski definition) is 1. The second-order valence-corrected chi connectivity index (χ2v) is 8.96. The molecule has 4 rings (SSSR count). The van der Waals surface area contributed by atoms with Crippen LogP contribution in [0.2, 0.25) is 0 Å². The molecule has 1 fully saturated rings. The first-order valence-corrected chi connectivity index (χ1v) is 10.9. The predicted octanol–water partition coefficient (Wildman–Crippen LogP) is 5.36. The fraction of sp³-hybridized carbons (Fsp3) is 0.316. The average molecular weight is 454 g/mol. The van der Waals surface area contributed by atoms with Crippen molar-refractivity contribution in [3.8, 4) is 16.5 Å². The molecule has 2 aromatic heterocycles. The number of rotatable bonds is 7. The van der Waals surface area contributed by atoms with Gasteiger partial charge in [0.15, 0.2) is 11.0 Å². The molecule has 30 heavy (non-hydrogen) atoms. The summed E-state index contributed by atoms with van der Waals surface area (Å²) in [7, 11) is 0. The van der Waals surface area contributed by atoms with Gasteiger partial charge in [-0.15, -0.1) is 34.7 Å². The molecule has 3 aromatic rings. The number of carbonyl (C=O) groups excluding carboxylic acids is 1. The first-order valence-electron chi connectivity index (χ1n) is 9.12. The lowest BCUT2D eigenvalue weighted by Crippen LogP contribution is -2.23. The molecular weight excluding hydrogens is 437 g/mol. The number of thioether (sulfide) groups is 1. The number of benzene rings is 1. The molecular formula is C19H17F3N4O2S2. The smallest absolute Gasteiger partial charge is 0.406 e. The minimum Gasteiger partial charge on any atom is -0.406 e. The monoisotopic (exact) mass is 454 g/mol. The lowest BCUT2D eigenvalue weighted by atomic mass is 10.3. The number of halogens is 3. The highest BCUT2D eigenvalue weighted by Crippen LogP contribution is 2.42. The Kier molecular flexibility index (Phi) is 5.74. The molecule has 0 saturated heterocycles. The number of nitrogens with zero attached hydrogens (tertiary/aromatic N) is 3. The van der Waals surface area contributed by atoms with Gasteiger partial charge in [-0.25, -0.2) is 0 Å². The van der Waals surface area contributed by atoms with Gasteiger partial charge in [0.1, 0.15) is 5.75 Å². The Morgan fingerprint density at radius 3 is 2.60 bits per heavy atom. The van der Waals surface area contributed by atoms with Gasteiger partial charge in [0, 0.05) is 11.7 Å². The van der Waals surface area contributed by atoms with Crippen LogP contribution in [0.1, 0.15) is 25.8 Å². The molecule has 6 nitrogen and oxygen atoms in total. The number of aromatic nitrogens is 3. The van der Waals surface area contributed by atoms with Gasteiger partial charge in [-0.2, -0.15) is 0 Å². The SMILES string of the molecule is C[C@@H](Sc1nnc(-c2cccs2)n1C1CC1)C(=O)Nc1ccc(OC(F)(F)F)cc1. The van der Waals surface area contributed by atoms with Crippen molar-refractivity contribution >= 4 is 34.7 Å². The van der Waals surface area contributed by atoms with Crippen LogP contribution < -0.4 is 10.1 Å². The van der Waals surface area contributed by atoms with E-state index < -0.39 is 11.6 Å². The first-order chi connectivity index (χ1) is 14.3. The van der Waals surface area contributed by atoms with E-state index in [-0.39, 0.29) is 11.7 Å². The fourth-order valence-corrected chi connectivity index (χ4v) is 4.41. The molecule has 0 unspecified atom stereocenters. The third kappa shape index (κ3) is 4.96. The van der Waals surface area contributed by atoms with E-state index in [0.717, 1.165) is 35.7 Å². The van der Waals surface area contributed by atoms with Gasteiger partial charge < -0.3 is 10.1 Å². The van der Waals surface area contributed by atoms with Crippen LogP contribution >= 0.6 is 23.1 Å². The van der Waals surface area contributed by atoms with Crippen molar-refractivity contribution in [1.82, 2.24) is 14.8 Å². The highest BCUT2D eigenvalue weighted by molar-refractivity contribution is 8.00. The zero-order valence-corrected chi connectivity index (χ0v) is 17.4. The van der Waals surface area contributed by atoms with Gasteiger partial charge in [-0.1, -0.05) is 17.8 Å². The van der Waals surface area contributed by atoms with E-state index in [1.165, 1.54) is 23.9 Å². The van der Waals surface area contributed by atoms with Gasteiger partial charge in [0.2, 0.25) is 5.91 Å². The second-order valence-electron chi connectivity index (χ2n) is 6.71. The predicted molar refractivity (Wildman–Crippen MR) is 109 cm³/mol. The van der Waals surface area contributed by atoms with E-state index in [4.69, 9.17) is 0 Å². The van der Waals surface area contributed by atoms with E-state index in [1.54, 1.807) is 18.3 Å². The molecule has 11 heteroatoms. The molecule has 1 saturated carbocycles. The lowest BCUT2D eigenvalue weighted by Gasteiger charge is -2.14. The van der Waals surface area contributed by atoms with Gasteiger partial charge in [-0.05, 0) is 55.5 Å². The third-order valence-corrected chi connectivity index (χ3v) is 6.25. The molecule has 0 aliphatic heterocycles. The highest BCUT2D eigenvalue weighted by Gasteiger charge is 2.32. The van der Waals surface area contributed by atoms with Crippen molar-refractivity contribution in [2.75, 3.05) is 5.32 Å². The molecule has 1 aliphatic carbocycles. The summed E-state index contributed by atoms with van der Waals surface area (Å²) in [5.41, 5.74) is 0.380. The Morgan fingerprint density at radius 2 is 2.00 bits per heavy atom. The molecule has 1 aromatic carbocycles. The summed E-state index contributed by atoms with van der Waals surface area (Å²) in [5.74, 6) is 0.178. The zero-order valence-electron chi connectivity index (χ0n) is 15.7. The first kappa shape index (κ1) is 20.7. The minimum absolute atomic E-state index is 0.285. The Bertz CT molecular complexity index is 1020. The molecule has 1 atom stereocenters. The van der Waals surface area contributed by atoms with Crippen LogP contribution in [0.5, 0.6) is 5.75 Å². The Balaban J connectivity index is 1.42. The molecule has 2 heterocycles. The van der Waals surface area contributed by atoms with Crippen molar-refractivity contribution in [1.29, 1.82) is 0 Å². The molecule has 1 aliphatic rings. The summed E-state index contributed by atoms with van der Waals surface area (Å²) in [6, 6.07) is 9.31. The van der Waals surface area contributed by atoms with Crippen LogP contribution in [0.4, 0.5) is 18.9 Å². The summed E-state index contributed by atoms with van der Waals surface area (Å²) in [6.45, 7) is 1.75. The number of carbonyl (C=O) groups is 1. The second kappa shape index (κ2) is 8.31. The normalized spacial score (nSPS) is 15.1. The van der Waals surface area contributed by atoms with Gasteiger partial charge in [-0.3, -0.25) is 9.36 Å². The summed E-state index contributed by atoms with van der Waals surface area (Å²) in [4.78, 5) is 13.6. The highest BCUT2D eigenvalue weighted by atomic mass is 32.2. The number of ether oxygens (including phenoxy) is 1. The fourth-order valence-electron chi connectivity index (χ4n) is 2.79. The molecule has 0 radical (unpaired) electrons.